The molecule has 1 heterocycles. The van der Waals surface area contributed by atoms with Gasteiger partial charge in [0, 0.05) is 5.56 Å². The fourth-order valence-electron chi connectivity index (χ4n) is 2.35. The van der Waals surface area contributed by atoms with Crippen LogP contribution in [-0.4, -0.2) is 23.0 Å². The standard InChI is InChI=1S/C18H14N2O4/c1-11-6-8-13(9-7-11)20-17(23)14(16(22)19-18(20)24)10-12-4-2-3-5-15(12)21/h2-10,21H,1H3,(H,19,22,24)/b14-10+. The Labute approximate surface area is 138 Å². The van der Waals surface area contributed by atoms with E-state index < -0.39 is 17.8 Å². The third kappa shape index (κ3) is 2.77. The number of nitrogens with one attached hydrogen (secondary N) is 1. The van der Waals surface area contributed by atoms with Crippen molar-refractivity contribution < 1.29 is 19.5 Å². The van der Waals surface area contributed by atoms with Crippen LogP contribution in [0.25, 0.3) is 6.08 Å². The van der Waals surface area contributed by atoms with Crippen molar-refractivity contribution in [2.24, 2.45) is 0 Å². The Morgan fingerprint density at radius 1 is 1.00 bits per heavy atom. The number of carbonyl (C=O) groups is 3. The average molecular weight is 322 g/mol. The molecule has 0 bridgehead atoms. The number of aryl methyl sites for hydroxylation is 1. The third-order valence-corrected chi connectivity index (χ3v) is 3.63. The van der Waals surface area contributed by atoms with E-state index in [9.17, 15) is 19.5 Å². The lowest BCUT2D eigenvalue weighted by atomic mass is 10.1. The molecule has 0 atom stereocenters. The van der Waals surface area contributed by atoms with Gasteiger partial charge in [-0.2, -0.15) is 0 Å². The molecule has 4 amide bonds. The summed E-state index contributed by atoms with van der Waals surface area (Å²) in [7, 11) is 0. The maximum atomic E-state index is 12.6. The highest BCUT2D eigenvalue weighted by atomic mass is 16.3. The molecule has 0 unspecified atom stereocenters. The number of nitrogens with zero attached hydrogens (tertiary/aromatic N) is 1. The largest absolute Gasteiger partial charge is 0.507 e. The minimum Gasteiger partial charge on any atom is -0.507 e. The summed E-state index contributed by atoms with van der Waals surface area (Å²) < 4.78 is 0. The van der Waals surface area contributed by atoms with Crippen LogP contribution >= 0.6 is 0 Å². The van der Waals surface area contributed by atoms with Gasteiger partial charge < -0.3 is 5.11 Å². The van der Waals surface area contributed by atoms with E-state index in [2.05, 4.69) is 5.32 Å². The summed E-state index contributed by atoms with van der Waals surface area (Å²) >= 11 is 0. The number of phenols is 1. The molecule has 1 aliphatic heterocycles. The lowest BCUT2D eigenvalue weighted by Crippen LogP contribution is -2.54. The Kier molecular flexibility index (Phi) is 3.87. The van der Waals surface area contributed by atoms with Crippen molar-refractivity contribution in [2.45, 2.75) is 6.92 Å². The van der Waals surface area contributed by atoms with Crippen LogP contribution in [0.2, 0.25) is 0 Å². The summed E-state index contributed by atoms with van der Waals surface area (Å²) in [6.45, 7) is 1.88. The molecule has 3 rings (SSSR count). The van der Waals surface area contributed by atoms with Crippen molar-refractivity contribution in [2.75, 3.05) is 4.90 Å². The molecule has 1 fully saturated rings. The fourth-order valence-corrected chi connectivity index (χ4v) is 2.35. The predicted octanol–water partition coefficient (Wildman–Crippen LogP) is 2.37. The van der Waals surface area contributed by atoms with Gasteiger partial charge in [0.2, 0.25) is 0 Å². The van der Waals surface area contributed by atoms with Gasteiger partial charge in [-0.1, -0.05) is 35.9 Å². The van der Waals surface area contributed by atoms with Crippen LogP contribution in [0, 0.1) is 6.92 Å². The van der Waals surface area contributed by atoms with E-state index in [-0.39, 0.29) is 11.3 Å². The van der Waals surface area contributed by atoms with Gasteiger partial charge in [-0.25, -0.2) is 9.69 Å². The quantitative estimate of drug-likeness (QED) is 0.656. The topological polar surface area (TPSA) is 86.7 Å². The van der Waals surface area contributed by atoms with Gasteiger partial charge in [0.1, 0.15) is 11.3 Å². The second-order valence-corrected chi connectivity index (χ2v) is 5.35. The predicted molar refractivity (Wildman–Crippen MR) is 88.3 cm³/mol. The molecule has 0 saturated carbocycles. The first-order valence-electron chi connectivity index (χ1n) is 7.23. The number of imide groups is 2. The smallest absolute Gasteiger partial charge is 0.335 e. The molecule has 1 aliphatic rings. The number of hydrogen-bond donors (Lipinski definition) is 2. The number of rotatable bonds is 2. The zero-order valence-electron chi connectivity index (χ0n) is 12.8. The molecule has 0 aromatic heterocycles. The Bertz CT molecular complexity index is 869. The number of carbonyl (C=O) groups excluding carboxylic acids is 3. The Balaban J connectivity index is 2.03. The zero-order valence-corrected chi connectivity index (χ0v) is 12.8. The molecular formula is C18H14N2O4. The molecule has 2 N–H and O–H groups in total. The number of aromatic hydroxyl groups is 1. The molecule has 6 heteroatoms. The van der Waals surface area contributed by atoms with Crippen LogP contribution in [0.1, 0.15) is 11.1 Å². The van der Waals surface area contributed by atoms with E-state index in [4.69, 9.17) is 0 Å². The molecule has 2 aromatic carbocycles. The van der Waals surface area contributed by atoms with Gasteiger partial charge >= 0.3 is 6.03 Å². The fraction of sp³-hybridized carbons (Fsp3) is 0.0556. The number of para-hydroxylation sites is 1. The molecular weight excluding hydrogens is 308 g/mol. The van der Waals surface area contributed by atoms with Crippen LogP contribution in [0.3, 0.4) is 0 Å². The number of phenolic OH excluding ortho intramolecular Hbond substituents is 1. The maximum absolute atomic E-state index is 12.6. The highest BCUT2D eigenvalue weighted by Gasteiger charge is 2.36. The summed E-state index contributed by atoms with van der Waals surface area (Å²) in [5.74, 6) is -1.60. The minimum atomic E-state index is -0.803. The van der Waals surface area contributed by atoms with E-state index in [0.717, 1.165) is 10.5 Å². The number of amides is 4. The van der Waals surface area contributed by atoms with E-state index in [0.29, 0.717) is 11.3 Å². The monoisotopic (exact) mass is 322 g/mol. The van der Waals surface area contributed by atoms with Crippen molar-refractivity contribution in [1.82, 2.24) is 5.32 Å². The second-order valence-electron chi connectivity index (χ2n) is 5.35. The normalized spacial score (nSPS) is 16.5. The molecule has 24 heavy (non-hydrogen) atoms. The van der Waals surface area contributed by atoms with Crippen molar-refractivity contribution in [1.29, 1.82) is 0 Å². The Hall–Kier alpha value is -3.41. The van der Waals surface area contributed by atoms with E-state index in [1.165, 1.54) is 12.1 Å². The summed E-state index contributed by atoms with van der Waals surface area (Å²) in [6, 6.07) is 12.3. The lowest BCUT2D eigenvalue weighted by Gasteiger charge is -2.26. The molecule has 120 valence electrons. The molecule has 0 aliphatic carbocycles. The minimum absolute atomic E-state index is 0.0654. The van der Waals surface area contributed by atoms with Crippen LogP contribution in [0.4, 0.5) is 10.5 Å². The third-order valence-electron chi connectivity index (χ3n) is 3.63. The summed E-state index contributed by atoms with van der Waals surface area (Å²) in [4.78, 5) is 37.6. The van der Waals surface area contributed by atoms with Gasteiger partial charge in [-0.3, -0.25) is 14.9 Å². The van der Waals surface area contributed by atoms with Gasteiger partial charge in [-0.15, -0.1) is 0 Å². The number of anilines is 1. The highest BCUT2D eigenvalue weighted by molar-refractivity contribution is 6.39. The average Bonchev–Trinajstić information content (AvgIpc) is 2.54. The van der Waals surface area contributed by atoms with Gasteiger partial charge in [0.15, 0.2) is 0 Å². The Morgan fingerprint density at radius 2 is 1.67 bits per heavy atom. The first-order valence-corrected chi connectivity index (χ1v) is 7.23. The number of benzene rings is 2. The summed E-state index contributed by atoms with van der Waals surface area (Å²) in [5.41, 5.74) is 1.43. The zero-order chi connectivity index (χ0) is 17.3. The highest BCUT2D eigenvalue weighted by Crippen LogP contribution is 2.24. The lowest BCUT2D eigenvalue weighted by molar-refractivity contribution is -0.122. The SMILES string of the molecule is Cc1ccc(N2C(=O)NC(=O)/C(=C\c3ccccc3O)C2=O)cc1. The summed E-state index contributed by atoms with van der Waals surface area (Å²) in [5, 5.41) is 12.0. The van der Waals surface area contributed by atoms with Gasteiger partial charge in [0.25, 0.3) is 11.8 Å². The summed E-state index contributed by atoms with van der Waals surface area (Å²) in [6.07, 6.45) is 1.26. The maximum Gasteiger partial charge on any atom is 0.335 e. The molecule has 0 spiro atoms. The van der Waals surface area contributed by atoms with Crippen LogP contribution in [0.15, 0.2) is 54.1 Å². The van der Waals surface area contributed by atoms with Crippen molar-refractivity contribution in [3.63, 3.8) is 0 Å². The van der Waals surface area contributed by atoms with E-state index in [1.807, 2.05) is 6.92 Å². The van der Waals surface area contributed by atoms with Crippen LogP contribution in [-0.2, 0) is 9.59 Å². The van der Waals surface area contributed by atoms with Crippen molar-refractivity contribution in [3.8, 4) is 5.75 Å². The molecule has 6 nitrogen and oxygen atoms in total. The second kappa shape index (κ2) is 6.00. The number of urea groups is 1. The number of hydrogen-bond acceptors (Lipinski definition) is 4. The van der Waals surface area contributed by atoms with Crippen LogP contribution in [0.5, 0.6) is 5.75 Å². The molecule has 0 radical (unpaired) electrons. The van der Waals surface area contributed by atoms with E-state index in [1.54, 1.807) is 42.5 Å². The van der Waals surface area contributed by atoms with Crippen LogP contribution < -0.4 is 10.2 Å². The van der Waals surface area contributed by atoms with Gasteiger partial charge in [0.05, 0.1) is 5.69 Å². The first-order chi connectivity index (χ1) is 11.5. The number of barbiturate groups is 1. The van der Waals surface area contributed by atoms with Crippen molar-refractivity contribution in [3.05, 3.63) is 65.2 Å². The van der Waals surface area contributed by atoms with E-state index >= 15 is 0 Å². The van der Waals surface area contributed by atoms with Gasteiger partial charge in [-0.05, 0) is 31.2 Å². The Morgan fingerprint density at radius 3 is 2.33 bits per heavy atom. The van der Waals surface area contributed by atoms with Crippen molar-refractivity contribution >= 4 is 29.6 Å². The molecule has 1 saturated heterocycles. The first kappa shape index (κ1) is 15.5. The molecule has 2 aromatic rings.